The van der Waals surface area contributed by atoms with Crippen molar-refractivity contribution in [3.05, 3.63) is 53.9 Å². The molecule has 7 heteroatoms. The number of esters is 1. The van der Waals surface area contributed by atoms with Crippen molar-refractivity contribution >= 4 is 23.7 Å². The lowest BCUT2D eigenvalue weighted by atomic mass is 9.79. The van der Waals surface area contributed by atoms with Gasteiger partial charge in [-0.1, -0.05) is 32.1 Å². The second kappa shape index (κ2) is 10.5. The van der Waals surface area contributed by atoms with Crippen molar-refractivity contribution in [2.75, 3.05) is 6.61 Å². The van der Waals surface area contributed by atoms with E-state index in [4.69, 9.17) is 18.7 Å². The number of hydrogen-bond donors (Lipinski definition) is 0. The van der Waals surface area contributed by atoms with Crippen LogP contribution in [0.3, 0.4) is 0 Å². The number of ether oxygens (including phenoxy) is 1. The van der Waals surface area contributed by atoms with Crippen LogP contribution in [0.2, 0.25) is 0 Å². The van der Waals surface area contributed by atoms with Gasteiger partial charge in [0.25, 0.3) is 5.91 Å². The minimum absolute atomic E-state index is 0.0343. The lowest BCUT2D eigenvalue weighted by molar-refractivity contribution is -0.153. The highest BCUT2D eigenvalue weighted by Crippen LogP contribution is 2.44. The van der Waals surface area contributed by atoms with E-state index in [1.54, 1.807) is 12.5 Å². The van der Waals surface area contributed by atoms with Crippen molar-refractivity contribution in [1.29, 1.82) is 0 Å². The molecule has 0 radical (unpaired) electrons. The zero-order chi connectivity index (χ0) is 23.3. The average Bonchev–Trinajstić information content (AvgIpc) is 3.63. The smallest absolute Gasteiger partial charge is 0.306 e. The molecule has 2 saturated carbocycles. The van der Waals surface area contributed by atoms with E-state index in [-0.39, 0.29) is 30.4 Å². The summed E-state index contributed by atoms with van der Waals surface area (Å²) in [5.41, 5.74) is 1.96. The van der Waals surface area contributed by atoms with Crippen molar-refractivity contribution < 1.29 is 23.2 Å². The molecule has 2 atom stereocenters. The summed E-state index contributed by atoms with van der Waals surface area (Å²) >= 11 is 0. The molecule has 180 valence electrons. The maximum atomic E-state index is 13.2. The van der Waals surface area contributed by atoms with E-state index < -0.39 is 0 Å². The fourth-order valence-electron chi connectivity index (χ4n) is 5.57. The van der Waals surface area contributed by atoms with Gasteiger partial charge >= 0.3 is 5.97 Å². The maximum absolute atomic E-state index is 13.2. The van der Waals surface area contributed by atoms with Crippen LogP contribution in [0.5, 0.6) is 0 Å². The van der Waals surface area contributed by atoms with E-state index in [2.05, 4.69) is 0 Å². The molecule has 0 spiro atoms. The van der Waals surface area contributed by atoms with Crippen LogP contribution in [0.15, 0.2) is 56.3 Å². The van der Waals surface area contributed by atoms with Crippen molar-refractivity contribution in [2.24, 2.45) is 16.9 Å². The Morgan fingerprint density at radius 3 is 2.65 bits per heavy atom. The molecule has 2 aromatic heterocycles. The lowest BCUT2D eigenvalue weighted by Gasteiger charge is -2.27. The summed E-state index contributed by atoms with van der Waals surface area (Å²) < 4.78 is 16.6. The zero-order valence-corrected chi connectivity index (χ0v) is 19.5. The van der Waals surface area contributed by atoms with Gasteiger partial charge in [0.2, 0.25) is 0 Å². The standard InChI is InChI=1S/C27H32N2O5/c30-24(18-34-25(31)14-13-19-7-2-1-3-8-19)29-27(23-12-6-16-33-23)22-11-4-9-20(26(22)28-29)17-21-10-5-15-32-21/h5-6,10,12,15-17,19,22,27H,1-4,7-9,11,13-14,18H2. The lowest BCUT2D eigenvalue weighted by Crippen LogP contribution is -2.34. The van der Waals surface area contributed by atoms with Gasteiger partial charge in [0.1, 0.15) is 17.6 Å². The van der Waals surface area contributed by atoms with Crippen molar-refractivity contribution in [3.8, 4) is 0 Å². The molecule has 0 aromatic carbocycles. The summed E-state index contributed by atoms with van der Waals surface area (Å²) in [7, 11) is 0. The minimum Gasteiger partial charge on any atom is -0.467 e. The zero-order valence-electron chi connectivity index (χ0n) is 19.5. The topological polar surface area (TPSA) is 85.3 Å². The van der Waals surface area contributed by atoms with E-state index in [1.807, 2.05) is 30.3 Å². The average molecular weight is 465 g/mol. The fourth-order valence-corrected chi connectivity index (χ4v) is 5.57. The monoisotopic (exact) mass is 464 g/mol. The van der Waals surface area contributed by atoms with Gasteiger partial charge in [0, 0.05) is 12.3 Å². The first kappa shape index (κ1) is 22.7. The molecular weight excluding hydrogens is 432 g/mol. The van der Waals surface area contributed by atoms with E-state index in [0.717, 1.165) is 42.7 Å². The number of hydrazone groups is 1. The Balaban J connectivity index is 1.27. The fraction of sp³-hybridized carbons (Fsp3) is 0.519. The van der Waals surface area contributed by atoms with Gasteiger partial charge in [-0.3, -0.25) is 9.59 Å². The summed E-state index contributed by atoms with van der Waals surface area (Å²) in [5.74, 6) is 1.47. The Morgan fingerprint density at radius 2 is 1.88 bits per heavy atom. The molecule has 2 fully saturated rings. The third-order valence-electron chi connectivity index (χ3n) is 7.29. The maximum Gasteiger partial charge on any atom is 0.306 e. The Morgan fingerprint density at radius 1 is 1.06 bits per heavy atom. The molecule has 3 aliphatic rings. The van der Waals surface area contributed by atoms with E-state index in [9.17, 15) is 9.59 Å². The first-order valence-electron chi connectivity index (χ1n) is 12.5. The summed E-state index contributed by atoms with van der Waals surface area (Å²) in [4.78, 5) is 25.5. The molecule has 0 N–H and O–H groups in total. The summed E-state index contributed by atoms with van der Waals surface area (Å²) in [6, 6.07) is 7.13. The molecule has 0 saturated heterocycles. The number of rotatable bonds is 7. The van der Waals surface area contributed by atoms with Crippen molar-refractivity contribution in [1.82, 2.24) is 5.01 Å². The molecule has 1 aliphatic heterocycles. The number of nitrogens with zero attached hydrogens (tertiary/aromatic N) is 2. The second-order valence-electron chi connectivity index (χ2n) is 9.57. The van der Waals surface area contributed by atoms with Gasteiger partial charge in [0.05, 0.1) is 18.2 Å². The number of fused-ring (bicyclic) bond motifs is 1. The van der Waals surface area contributed by atoms with Crippen LogP contribution in [-0.2, 0) is 14.3 Å². The predicted molar refractivity (Wildman–Crippen MR) is 127 cm³/mol. The Bertz CT molecular complexity index is 1030. The van der Waals surface area contributed by atoms with Crippen molar-refractivity contribution in [2.45, 2.75) is 70.3 Å². The number of furan rings is 2. The summed E-state index contributed by atoms with van der Waals surface area (Å²) in [6.07, 6.45) is 15.4. The molecule has 5 rings (SSSR count). The molecule has 0 bridgehead atoms. The Hall–Kier alpha value is -3.09. The van der Waals surface area contributed by atoms with Gasteiger partial charge < -0.3 is 13.6 Å². The minimum atomic E-state index is -0.334. The van der Waals surface area contributed by atoms with Gasteiger partial charge in [-0.15, -0.1) is 0 Å². The van der Waals surface area contributed by atoms with E-state index in [0.29, 0.717) is 18.1 Å². The third kappa shape index (κ3) is 5.03. The highest BCUT2D eigenvalue weighted by atomic mass is 16.5. The van der Waals surface area contributed by atoms with Crippen LogP contribution in [-0.4, -0.2) is 29.2 Å². The number of carbonyl (C=O) groups excluding carboxylic acids is 2. The molecule has 2 aliphatic carbocycles. The quantitative estimate of drug-likeness (QED) is 0.476. The molecule has 3 heterocycles. The van der Waals surface area contributed by atoms with Crippen molar-refractivity contribution in [3.63, 3.8) is 0 Å². The summed E-state index contributed by atoms with van der Waals surface area (Å²) in [6.45, 7) is -0.304. The molecular formula is C27H32N2O5. The highest BCUT2D eigenvalue weighted by Gasteiger charge is 2.45. The molecule has 2 aromatic rings. The summed E-state index contributed by atoms with van der Waals surface area (Å²) in [5, 5.41) is 6.21. The molecule has 7 nitrogen and oxygen atoms in total. The van der Waals surface area contributed by atoms with E-state index >= 15 is 0 Å². The van der Waals surface area contributed by atoms with Crippen LogP contribution in [0.25, 0.3) is 6.08 Å². The predicted octanol–water partition coefficient (Wildman–Crippen LogP) is 5.90. The number of amides is 1. The number of allylic oxidation sites excluding steroid dienone is 1. The van der Waals surface area contributed by atoms with Crippen LogP contribution in [0.1, 0.15) is 81.8 Å². The largest absolute Gasteiger partial charge is 0.467 e. The van der Waals surface area contributed by atoms with E-state index in [1.165, 1.54) is 37.1 Å². The van der Waals surface area contributed by atoms with Gasteiger partial charge in [-0.2, -0.15) is 5.10 Å². The first-order chi connectivity index (χ1) is 16.7. The van der Waals surface area contributed by atoms with Gasteiger partial charge in [-0.25, -0.2) is 5.01 Å². The first-order valence-corrected chi connectivity index (χ1v) is 12.5. The van der Waals surface area contributed by atoms with Gasteiger partial charge in [-0.05, 0) is 67.5 Å². The van der Waals surface area contributed by atoms with Crippen LogP contribution in [0.4, 0.5) is 0 Å². The molecule has 1 amide bonds. The van der Waals surface area contributed by atoms with Crippen LogP contribution >= 0.6 is 0 Å². The number of carbonyl (C=O) groups is 2. The second-order valence-corrected chi connectivity index (χ2v) is 9.57. The molecule has 2 unspecified atom stereocenters. The Labute approximate surface area is 199 Å². The third-order valence-corrected chi connectivity index (χ3v) is 7.29. The highest BCUT2D eigenvalue weighted by molar-refractivity contribution is 6.08. The van der Waals surface area contributed by atoms with Crippen LogP contribution < -0.4 is 0 Å². The molecule has 34 heavy (non-hydrogen) atoms. The van der Waals surface area contributed by atoms with Crippen LogP contribution in [0, 0.1) is 11.8 Å². The normalized spacial score (nSPS) is 24.2. The Kier molecular flexibility index (Phi) is 6.97. The SMILES string of the molecule is O=C(CCC1CCCCC1)OCC(=O)N1N=C2C(=Cc3ccco3)CCCC2C1c1ccco1. The van der Waals surface area contributed by atoms with Gasteiger partial charge in [0.15, 0.2) is 6.61 Å². The number of hydrogen-bond acceptors (Lipinski definition) is 6.